The minimum Gasteiger partial charge on any atom is -0.493 e. The maximum Gasteiger partial charge on any atom is 0.122 e. The van der Waals surface area contributed by atoms with Crippen LogP contribution in [0.3, 0.4) is 0 Å². The molecule has 1 heterocycles. The van der Waals surface area contributed by atoms with Crippen LogP contribution in [0, 0.1) is 6.92 Å². The summed E-state index contributed by atoms with van der Waals surface area (Å²) in [6.07, 6.45) is 6.71. The highest BCUT2D eigenvalue weighted by Crippen LogP contribution is 2.44. The molecule has 0 unspecified atom stereocenters. The Balaban J connectivity index is 2.09. The minimum atomic E-state index is 0.0000477. The Morgan fingerprint density at radius 3 is 2.43 bits per heavy atom. The lowest BCUT2D eigenvalue weighted by Crippen LogP contribution is -2.26. The minimum absolute atomic E-state index is 0.0000477. The van der Waals surface area contributed by atoms with Crippen molar-refractivity contribution in [3.63, 3.8) is 0 Å². The number of fused-ring (bicyclic) bond motifs is 1. The summed E-state index contributed by atoms with van der Waals surface area (Å²) in [7, 11) is 2.14. The molecule has 0 aliphatic rings. The SMILES string of the molecule is CCCCOc1ccc(C(CC)(CC)c2cn(C)c3cc(Br)ccc23)cc1C. The molecule has 0 atom stereocenters. The Labute approximate surface area is 178 Å². The van der Waals surface area contributed by atoms with Crippen molar-refractivity contribution in [1.29, 1.82) is 0 Å². The number of aromatic nitrogens is 1. The predicted octanol–water partition coefficient (Wildman–Crippen LogP) is 7.53. The first-order valence-electron chi connectivity index (χ1n) is 10.5. The lowest BCUT2D eigenvalue weighted by atomic mass is 9.70. The molecule has 0 saturated carbocycles. The van der Waals surface area contributed by atoms with E-state index in [-0.39, 0.29) is 5.41 Å². The van der Waals surface area contributed by atoms with Crippen molar-refractivity contribution in [2.75, 3.05) is 6.61 Å². The molecule has 3 rings (SSSR count). The summed E-state index contributed by atoms with van der Waals surface area (Å²) in [6, 6.07) is 13.4. The van der Waals surface area contributed by atoms with Crippen LogP contribution in [-0.2, 0) is 12.5 Å². The number of rotatable bonds is 8. The Kier molecular flexibility index (Phi) is 6.54. The molecule has 0 N–H and O–H groups in total. The third-order valence-electron chi connectivity index (χ3n) is 6.16. The molecule has 0 saturated heterocycles. The lowest BCUT2D eigenvalue weighted by molar-refractivity contribution is 0.307. The highest BCUT2D eigenvalue weighted by Gasteiger charge is 2.34. The van der Waals surface area contributed by atoms with Crippen LogP contribution in [0.25, 0.3) is 10.9 Å². The third kappa shape index (κ3) is 3.74. The van der Waals surface area contributed by atoms with Crippen molar-refractivity contribution >= 4 is 26.8 Å². The quantitative estimate of drug-likeness (QED) is 0.329. The van der Waals surface area contributed by atoms with Gasteiger partial charge in [-0.25, -0.2) is 0 Å². The standard InChI is InChI=1S/C25H32BrNO/c1-6-9-14-28-24-13-10-19(15-18(24)4)25(7-2,8-3)22-17-27(5)23-16-20(26)11-12-21(22)23/h10-13,15-17H,6-9,14H2,1-5H3. The van der Waals surface area contributed by atoms with Gasteiger partial charge in [0.25, 0.3) is 0 Å². The smallest absolute Gasteiger partial charge is 0.122 e. The topological polar surface area (TPSA) is 14.2 Å². The van der Waals surface area contributed by atoms with Gasteiger partial charge in [-0.1, -0.05) is 61.3 Å². The molecule has 3 heteroatoms. The molecule has 3 aromatic rings. The van der Waals surface area contributed by atoms with E-state index in [2.05, 4.69) is 97.8 Å². The molecule has 2 aromatic carbocycles. The molecular formula is C25H32BrNO. The van der Waals surface area contributed by atoms with Gasteiger partial charge in [-0.15, -0.1) is 0 Å². The second-order valence-corrected chi connectivity index (χ2v) is 8.70. The Hall–Kier alpha value is -1.74. The summed E-state index contributed by atoms with van der Waals surface area (Å²) in [5.74, 6) is 1.01. The van der Waals surface area contributed by atoms with E-state index < -0.39 is 0 Å². The van der Waals surface area contributed by atoms with Gasteiger partial charge in [0.1, 0.15) is 5.75 Å². The van der Waals surface area contributed by atoms with Gasteiger partial charge in [-0.05, 0) is 61.1 Å². The molecule has 1 aromatic heterocycles. The van der Waals surface area contributed by atoms with Crippen molar-refractivity contribution in [2.45, 2.75) is 58.8 Å². The van der Waals surface area contributed by atoms with Crippen LogP contribution < -0.4 is 4.74 Å². The molecule has 0 radical (unpaired) electrons. The second kappa shape index (κ2) is 8.73. The third-order valence-corrected chi connectivity index (χ3v) is 6.65. The van der Waals surface area contributed by atoms with Crippen molar-refractivity contribution in [3.8, 4) is 5.75 Å². The molecule has 0 aliphatic heterocycles. The number of hydrogen-bond acceptors (Lipinski definition) is 1. The van der Waals surface area contributed by atoms with E-state index in [4.69, 9.17) is 4.74 Å². The van der Waals surface area contributed by atoms with Gasteiger partial charge in [0.2, 0.25) is 0 Å². The maximum absolute atomic E-state index is 6.00. The van der Waals surface area contributed by atoms with Gasteiger partial charge in [-0.3, -0.25) is 0 Å². The normalized spacial score (nSPS) is 11.9. The monoisotopic (exact) mass is 441 g/mol. The Morgan fingerprint density at radius 2 is 1.79 bits per heavy atom. The van der Waals surface area contributed by atoms with E-state index in [9.17, 15) is 0 Å². The number of ether oxygens (including phenoxy) is 1. The molecular weight excluding hydrogens is 410 g/mol. The summed E-state index contributed by atoms with van der Waals surface area (Å²) < 4.78 is 9.37. The highest BCUT2D eigenvalue weighted by molar-refractivity contribution is 9.10. The van der Waals surface area contributed by atoms with Crippen LogP contribution >= 0.6 is 15.9 Å². The maximum atomic E-state index is 6.00. The summed E-state index contributed by atoms with van der Waals surface area (Å²) in [6.45, 7) is 9.77. The van der Waals surface area contributed by atoms with E-state index in [0.717, 1.165) is 42.5 Å². The molecule has 0 fully saturated rings. The average molecular weight is 442 g/mol. The summed E-state index contributed by atoms with van der Waals surface area (Å²) in [5.41, 5.74) is 5.30. The van der Waals surface area contributed by atoms with Crippen molar-refractivity contribution in [1.82, 2.24) is 4.57 Å². The zero-order valence-electron chi connectivity index (χ0n) is 17.8. The fourth-order valence-electron chi connectivity index (χ4n) is 4.37. The van der Waals surface area contributed by atoms with Crippen LogP contribution in [0.1, 0.15) is 63.1 Å². The van der Waals surface area contributed by atoms with Crippen molar-refractivity contribution in [3.05, 3.63) is 63.8 Å². The zero-order chi connectivity index (χ0) is 20.3. The first kappa shape index (κ1) is 21.0. The number of unbranched alkanes of at least 4 members (excludes halogenated alkanes) is 1. The van der Waals surface area contributed by atoms with Gasteiger partial charge >= 0.3 is 0 Å². The van der Waals surface area contributed by atoms with Crippen LogP contribution in [0.2, 0.25) is 0 Å². The zero-order valence-corrected chi connectivity index (χ0v) is 19.4. The summed E-state index contributed by atoms with van der Waals surface area (Å²) in [4.78, 5) is 0. The fraction of sp³-hybridized carbons (Fsp3) is 0.440. The molecule has 0 spiro atoms. The summed E-state index contributed by atoms with van der Waals surface area (Å²) in [5, 5.41) is 1.34. The first-order valence-corrected chi connectivity index (χ1v) is 11.2. The molecule has 0 aliphatic carbocycles. The largest absolute Gasteiger partial charge is 0.493 e. The number of benzene rings is 2. The number of aryl methyl sites for hydroxylation is 2. The molecule has 0 bridgehead atoms. The fourth-order valence-corrected chi connectivity index (χ4v) is 4.72. The predicted molar refractivity (Wildman–Crippen MR) is 124 cm³/mol. The summed E-state index contributed by atoms with van der Waals surface area (Å²) >= 11 is 3.62. The van der Waals surface area contributed by atoms with Gasteiger partial charge in [-0.2, -0.15) is 0 Å². The van der Waals surface area contributed by atoms with Gasteiger partial charge in [0.05, 0.1) is 6.61 Å². The van der Waals surface area contributed by atoms with E-state index in [1.165, 1.54) is 27.6 Å². The van der Waals surface area contributed by atoms with Crippen LogP contribution in [0.4, 0.5) is 0 Å². The van der Waals surface area contributed by atoms with E-state index >= 15 is 0 Å². The molecule has 28 heavy (non-hydrogen) atoms. The molecule has 2 nitrogen and oxygen atoms in total. The number of hydrogen-bond donors (Lipinski definition) is 0. The second-order valence-electron chi connectivity index (χ2n) is 7.79. The number of nitrogens with zero attached hydrogens (tertiary/aromatic N) is 1. The number of halogens is 1. The van der Waals surface area contributed by atoms with Gasteiger partial charge < -0.3 is 9.30 Å². The van der Waals surface area contributed by atoms with Gasteiger partial charge in [0, 0.05) is 34.0 Å². The highest BCUT2D eigenvalue weighted by atomic mass is 79.9. The lowest BCUT2D eigenvalue weighted by Gasteiger charge is -2.33. The first-order chi connectivity index (χ1) is 13.5. The van der Waals surface area contributed by atoms with Crippen LogP contribution in [0.15, 0.2) is 47.1 Å². The molecule has 0 amide bonds. The van der Waals surface area contributed by atoms with Crippen molar-refractivity contribution in [2.24, 2.45) is 7.05 Å². The van der Waals surface area contributed by atoms with Crippen LogP contribution in [0.5, 0.6) is 5.75 Å². The Bertz CT molecular complexity index is 953. The molecule has 150 valence electrons. The van der Waals surface area contributed by atoms with E-state index in [1.807, 2.05) is 0 Å². The average Bonchev–Trinajstić information content (AvgIpc) is 3.01. The van der Waals surface area contributed by atoms with Crippen molar-refractivity contribution < 1.29 is 4.74 Å². The van der Waals surface area contributed by atoms with E-state index in [0.29, 0.717) is 0 Å². The van der Waals surface area contributed by atoms with Gasteiger partial charge in [0.15, 0.2) is 0 Å². The van der Waals surface area contributed by atoms with Crippen LogP contribution in [-0.4, -0.2) is 11.2 Å². The van der Waals surface area contributed by atoms with E-state index in [1.54, 1.807) is 0 Å². The Morgan fingerprint density at radius 1 is 1.04 bits per heavy atom.